The summed E-state index contributed by atoms with van der Waals surface area (Å²) in [6, 6.07) is 7.39. The van der Waals surface area contributed by atoms with Crippen LogP contribution in [0.4, 0.5) is 11.9 Å². The van der Waals surface area contributed by atoms with Gasteiger partial charge in [-0.2, -0.15) is 19.9 Å². The highest BCUT2D eigenvalue weighted by Gasteiger charge is 2.11. The Morgan fingerprint density at radius 1 is 1.08 bits per heavy atom. The lowest BCUT2D eigenvalue weighted by molar-refractivity contribution is 0.0963. The third-order valence-electron chi connectivity index (χ3n) is 3.59. The number of benzene rings is 1. The number of nitrogen functional groups attached to an aromatic ring is 2. The minimum atomic E-state index is -0.122. The molecule has 10 heteroatoms. The molecule has 3 aromatic rings. The number of carbonyl (C=O) groups is 1. The van der Waals surface area contributed by atoms with Crippen LogP contribution in [0.3, 0.4) is 0 Å². The fraction of sp³-hybridized carbons (Fsp3) is 0.250. The van der Waals surface area contributed by atoms with Gasteiger partial charge in [-0.15, -0.1) is 0 Å². The Kier molecular flexibility index (Phi) is 5.02. The summed E-state index contributed by atoms with van der Waals surface area (Å²) < 4.78 is 5.24. The average molecular weight is 354 g/mol. The Bertz CT molecular complexity index is 904. The summed E-state index contributed by atoms with van der Waals surface area (Å²) >= 11 is 0. The summed E-state index contributed by atoms with van der Waals surface area (Å²) in [5.74, 6) is 1.27. The molecule has 0 aliphatic rings. The summed E-state index contributed by atoms with van der Waals surface area (Å²) in [7, 11) is 1.60. The zero-order valence-corrected chi connectivity index (χ0v) is 14.1. The SMILES string of the molecule is CNC(=O)c1cccc(CCc2nc(Cc3nc(N)nc(N)n3)no2)c1. The molecule has 0 saturated heterocycles. The number of nitrogens with one attached hydrogen (secondary N) is 1. The first-order chi connectivity index (χ1) is 12.5. The summed E-state index contributed by atoms with van der Waals surface area (Å²) in [4.78, 5) is 27.7. The number of nitrogens with zero attached hydrogens (tertiary/aromatic N) is 5. The highest BCUT2D eigenvalue weighted by atomic mass is 16.5. The number of aromatic nitrogens is 5. The van der Waals surface area contributed by atoms with Gasteiger partial charge in [-0.1, -0.05) is 17.3 Å². The molecule has 5 N–H and O–H groups in total. The van der Waals surface area contributed by atoms with Gasteiger partial charge in [-0.05, 0) is 24.1 Å². The molecule has 0 radical (unpaired) electrons. The Balaban J connectivity index is 1.63. The van der Waals surface area contributed by atoms with Crippen LogP contribution >= 0.6 is 0 Å². The van der Waals surface area contributed by atoms with Gasteiger partial charge in [-0.25, -0.2) is 0 Å². The molecule has 134 valence electrons. The molecule has 1 aromatic carbocycles. The van der Waals surface area contributed by atoms with Gasteiger partial charge >= 0.3 is 0 Å². The molecule has 2 aromatic heterocycles. The second kappa shape index (κ2) is 7.55. The Morgan fingerprint density at radius 3 is 2.58 bits per heavy atom. The predicted molar refractivity (Wildman–Crippen MR) is 93.0 cm³/mol. The van der Waals surface area contributed by atoms with Crippen LogP contribution in [0.1, 0.15) is 33.5 Å². The average Bonchev–Trinajstić information content (AvgIpc) is 3.06. The number of nitrogens with two attached hydrogens (primary N) is 2. The molecule has 0 aliphatic heterocycles. The van der Waals surface area contributed by atoms with Crippen molar-refractivity contribution in [1.29, 1.82) is 0 Å². The first-order valence-corrected chi connectivity index (χ1v) is 7.92. The van der Waals surface area contributed by atoms with E-state index in [0.717, 1.165) is 5.56 Å². The van der Waals surface area contributed by atoms with Gasteiger partial charge in [0.2, 0.25) is 17.8 Å². The van der Waals surface area contributed by atoms with E-state index in [0.29, 0.717) is 35.9 Å². The van der Waals surface area contributed by atoms with Gasteiger partial charge < -0.3 is 21.3 Å². The molecular weight excluding hydrogens is 336 g/mol. The molecular formula is C16H18N8O2. The Morgan fingerprint density at radius 2 is 1.85 bits per heavy atom. The van der Waals surface area contributed by atoms with Crippen molar-refractivity contribution in [1.82, 2.24) is 30.4 Å². The van der Waals surface area contributed by atoms with Gasteiger partial charge in [0.1, 0.15) is 5.82 Å². The molecule has 0 atom stereocenters. The molecule has 0 bridgehead atoms. The lowest BCUT2D eigenvalue weighted by atomic mass is 10.1. The van der Waals surface area contributed by atoms with Gasteiger partial charge in [-0.3, -0.25) is 4.79 Å². The van der Waals surface area contributed by atoms with E-state index in [1.807, 2.05) is 18.2 Å². The minimum absolute atomic E-state index is 0.0483. The van der Waals surface area contributed by atoms with Crippen molar-refractivity contribution < 1.29 is 9.32 Å². The van der Waals surface area contributed by atoms with Gasteiger partial charge in [0.25, 0.3) is 5.91 Å². The second-order valence-electron chi connectivity index (χ2n) is 5.53. The smallest absolute Gasteiger partial charge is 0.251 e. The summed E-state index contributed by atoms with van der Waals surface area (Å²) in [5.41, 5.74) is 12.7. The van der Waals surface area contributed by atoms with Crippen molar-refractivity contribution in [3.63, 3.8) is 0 Å². The van der Waals surface area contributed by atoms with Crippen molar-refractivity contribution in [2.75, 3.05) is 18.5 Å². The molecule has 0 aliphatic carbocycles. The van der Waals surface area contributed by atoms with Crippen LogP contribution in [0, 0.1) is 0 Å². The van der Waals surface area contributed by atoms with Crippen molar-refractivity contribution in [2.45, 2.75) is 19.3 Å². The number of anilines is 2. The standard InChI is InChI=1S/C16H18N8O2/c1-19-14(25)10-4-2-3-9(7-10)5-6-13-20-12(24-26-13)8-11-21-15(17)23-16(18)22-11/h2-4,7H,5-6,8H2,1H3,(H,19,25)(H4,17,18,21,22,23). The Labute approximate surface area is 149 Å². The monoisotopic (exact) mass is 354 g/mol. The van der Waals surface area contributed by atoms with Crippen molar-refractivity contribution in [3.8, 4) is 0 Å². The van der Waals surface area contributed by atoms with E-state index in [9.17, 15) is 4.79 Å². The molecule has 0 fully saturated rings. The predicted octanol–water partition coefficient (Wildman–Crippen LogP) is 0.155. The van der Waals surface area contributed by atoms with E-state index in [1.165, 1.54) is 0 Å². The highest BCUT2D eigenvalue weighted by molar-refractivity contribution is 5.94. The lowest BCUT2D eigenvalue weighted by Gasteiger charge is -2.03. The molecule has 1 amide bonds. The first-order valence-electron chi connectivity index (χ1n) is 7.92. The molecule has 2 heterocycles. The first kappa shape index (κ1) is 17.3. The fourth-order valence-electron chi connectivity index (χ4n) is 2.40. The lowest BCUT2D eigenvalue weighted by Crippen LogP contribution is -2.17. The summed E-state index contributed by atoms with van der Waals surface area (Å²) in [6.07, 6.45) is 1.45. The van der Waals surface area contributed by atoms with Crippen LogP contribution < -0.4 is 16.8 Å². The molecule has 0 saturated carbocycles. The van der Waals surface area contributed by atoms with E-state index in [-0.39, 0.29) is 24.2 Å². The van der Waals surface area contributed by atoms with Crippen molar-refractivity contribution in [2.24, 2.45) is 0 Å². The number of hydrogen-bond acceptors (Lipinski definition) is 9. The van der Waals surface area contributed by atoms with Crippen LogP contribution in [0.5, 0.6) is 0 Å². The molecule has 3 rings (SSSR count). The number of carbonyl (C=O) groups excluding carboxylic acids is 1. The van der Waals surface area contributed by atoms with Crippen LogP contribution in [-0.2, 0) is 19.3 Å². The van der Waals surface area contributed by atoms with E-state index in [4.69, 9.17) is 16.0 Å². The highest BCUT2D eigenvalue weighted by Crippen LogP contribution is 2.10. The summed E-state index contributed by atoms with van der Waals surface area (Å²) in [6.45, 7) is 0. The third kappa shape index (κ3) is 4.29. The van der Waals surface area contributed by atoms with Crippen LogP contribution in [0.15, 0.2) is 28.8 Å². The molecule has 0 unspecified atom stereocenters. The van der Waals surface area contributed by atoms with Gasteiger partial charge in [0.05, 0.1) is 6.42 Å². The van der Waals surface area contributed by atoms with E-state index in [1.54, 1.807) is 13.1 Å². The molecule has 26 heavy (non-hydrogen) atoms. The maximum absolute atomic E-state index is 11.7. The van der Waals surface area contributed by atoms with Crippen LogP contribution in [0.25, 0.3) is 0 Å². The zero-order chi connectivity index (χ0) is 18.5. The maximum Gasteiger partial charge on any atom is 0.251 e. The van der Waals surface area contributed by atoms with Crippen molar-refractivity contribution in [3.05, 3.63) is 52.9 Å². The van der Waals surface area contributed by atoms with E-state index in [2.05, 4.69) is 30.4 Å². The number of hydrogen-bond donors (Lipinski definition) is 3. The molecule has 10 nitrogen and oxygen atoms in total. The van der Waals surface area contributed by atoms with Gasteiger partial charge in [0.15, 0.2) is 5.82 Å². The van der Waals surface area contributed by atoms with Crippen LogP contribution in [0.2, 0.25) is 0 Å². The number of amides is 1. The number of aryl methyl sites for hydroxylation is 2. The largest absolute Gasteiger partial charge is 0.368 e. The van der Waals surface area contributed by atoms with Crippen LogP contribution in [-0.4, -0.2) is 38.0 Å². The third-order valence-corrected chi connectivity index (χ3v) is 3.59. The summed E-state index contributed by atoms with van der Waals surface area (Å²) in [5, 5.41) is 6.51. The Hall–Kier alpha value is -3.56. The molecule has 0 spiro atoms. The van der Waals surface area contributed by atoms with E-state index >= 15 is 0 Å². The van der Waals surface area contributed by atoms with Crippen molar-refractivity contribution >= 4 is 17.8 Å². The van der Waals surface area contributed by atoms with Gasteiger partial charge in [0, 0.05) is 19.0 Å². The topological polar surface area (TPSA) is 159 Å². The zero-order valence-electron chi connectivity index (χ0n) is 14.1. The second-order valence-corrected chi connectivity index (χ2v) is 5.53. The van der Waals surface area contributed by atoms with E-state index < -0.39 is 0 Å². The quantitative estimate of drug-likeness (QED) is 0.560. The number of rotatable bonds is 6. The maximum atomic E-state index is 11.7. The minimum Gasteiger partial charge on any atom is -0.368 e. The fourth-order valence-corrected chi connectivity index (χ4v) is 2.40. The normalized spacial score (nSPS) is 10.7.